The molecule has 0 aliphatic carbocycles. The summed E-state index contributed by atoms with van der Waals surface area (Å²) in [6.07, 6.45) is 0.633. The van der Waals surface area contributed by atoms with Gasteiger partial charge in [0.1, 0.15) is 5.71 Å². The summed E-state index contributed by atoms with van der Waals surface area (Å²) in [6, 6.07) is 6.76. The van der Waals surface area contributed by atoms with Crippen LogP contribution < -0.4 is 5.43 Å². The zero-order valence-electron chi connectivity index (χ0n) is 13.0. The van der Waals surface area contributed by atoms with Gasteiger partial charge in [0.2, 0.25) is 5.91 Å². The quantitative estimate of drug-likeness (QED) is 0.861. The van der Waals surface area contributed by atoms with Gasteiger partial charge in [-0.15, -0.1) is 0 Å². The van der Waals surface area contributed by atoms with Crippen LogP contribution in [0.5, 0.6) is 0 Å². The Labute approximate surface area is 144 Å². The molecule has 2 aliphatic heterocycles. The van der Waals surface area contributed by atoms with E-state index in [2.05, 4.69) is 10.5 Å². The minimum Gasteiger partial charge on any atom is -0.335 e. The first kappa shape index (κ1) is 16.4. The van der Waals surface area contributed by atoms with Crippen LogP contribution in [0.15, 0.2) is 29.4 Å². The van der Waals surface area contributed by atoms with Crippen molar-refractivity contribution in [2.24, 2.45) is 5.10 Å². The van der Waals surface area contributed by atoms with Gasteiger partial charge in [0.05, 0.1) is 0 Å². The molecule has 0 saturated carbocycles. The molecule has 1 aromatic carbocycles. The normalized spacial score (nSPS) is 18.0. The molecule has 0 aromatic heterocycles. The largest absolute Gasteiger partial charge is 0.335 e. The van der Waals surface area contributed by atoms with E-state index in [4.69, 9.17) is 11.6 Å². The van der Waals surface area contributed by atoms with E-state index < -0.39 is 0 Å². The molecule has 1 saturated heterocycles. The third-order valence-electron chi connectivity index (χ3n) is 4.10. The van der Waals surface area contributed by atoms with Crippen molar-refractivity contribution in [1.29, 1.82) is 0 Å². The summed E-state index contributed by atoms with van der Waals surface area (Å²) in [5.74, 6) is -0.417. The summed E-state index contributed by atoms with van der Waals surface area (Å²) in [7, 11) is 0. The van der Waals surface area contributed by atoms with Crippen molar-refractivity contribution in [1.82, 2.24) is 15.2 Å². The van der Waals surface area contributed by atoms with Gasteiger partial charge < -0.3 is 9.80 Å². The minimum atomic E-state index is -0.176. The SMILES string of the molecule is O=C1CCC(C(=O)N2CCN(C(=O)c3ccc(Cl)cc3)CC2)=NN1. The van der Waals surface area contributed by atoms with Gasteiger partial charge in [0, 0.05) is 49.6 Å². The van der Waals surface area contributed by atoms with E-state index in [1.54, 1.807) is 34.1 Å². The van der Waals surface area contributed by atoms with E-state index >= 15 is 0 Å². The molecule has 1 fully saturated rings. The van der Waals surface area contributed by atoms with Gasteiger partial charge in [-0.3, -0.25) is 14.4 Å². The van der Waals surface area contributed by atoms with E-state index in [1.807, 2.05) is 0 Å². The van der Waals surface area contributed by atoms with Crippen LogP contribution in [0.2, 0.25) is 5.02 Å². The van der Waals surface area contributed by atoms with Crippen LogP contribution in [-0.4, -0.2) is 59.4 Å². The Morgan fingerprint density at radius 3 is 2.08 bits per heavy atom. The van der Waals surface area contributed by atoms with Crippen LogP contribution in [0.4, 0.5) is 0 Å². The Kier molecular flexibility index (Phi) is 4.80. The third kappa shape index (κ3) is 3.56. The predicted molar refractivity (Wildman–Crippen MR) is 88.7 cm³/mol. The number of nitrogens with zero attached hydrogens (tertiary/aromatic N) is 3. The van der Waals surface area contributed by atoms with Gasteiger partial charge in [0.15, 0.2) is 0 Å². The van der Waals surface area contributed by atoms with Crippen LogP contribution in [0, 0.1) is 0 Å². The summed E-state index contributed by atoms with van der Waals surface area (Å²) in [5.41, 5.74) is 3.28. The maximum Gasteiger partial charge on any atom is 0.270 e. The maximum atomic E-state index is 12.4. The highest BCUT2D eigenvalue weighted by Gasteiger charge is 2.28. The van der Waals surface area contributed by atoms with Crippen molar-refractivity contribution in [3.63, 3.8) is 0 Å². The van der Waals surface area contributed by atoms with Crippen LogP contribution in [0.25, 0.3) is 0 Å². The lowest BCUT2D eigenvalue weighted by Crippen LogP contribution is -2.52. The second kappa shape index (κ2) is 7.00. The molecule has 0 spiro atoms. The zero-order valence-corrected chi connectivity index (χ0v) is 13.8. The first-order valence-corrected chi connectivity index (χ1v) is 8.12. The smallest absolute Gasteiger partial charge is 0.270 e. The number of halogens is 1. The number of benzene rings is 1. The zero-order chi connectivity index (χ0) is 17.1. The molecule has 0 bridgehead atoms. The number of rotatable bonds is 2. The van der Waals surface area contributed by atoms with Crippen LogP contribution in [0.1, 0.15) is 23.2 Å². The number of amides is 3. The molecule has 1 N–H and O–H groups in total. The first-order chi connectivity index (χ1) is 11.5. The van der Waals surface area contributed by atoms with E-state index in [-0.39, 0.29) is 24.1 Å². The molecule has 0 unspecified atom stereocenters. The van der Waals surface area contributed by atoms with Gasteiger partial charge in [-0.05, 0) is 24.3 Å². The number of piperazine rings is 1. The molecular weight excluding hydrogens is 332 g/mol. The van der Waals surface area contributed by atoms with Crippen molar-refractivity contribution in [2.75, 3.05) is 26.2 Å². The van der Waals surface area contributed by atoms with E-state index in [0.717, 1.165) is 0 Å². The molecule has 0 atom stereocenters. The average Bonchev–Trinajstić information content (AvgIpc) is 2.62. The Balaban J connectivity index is 1.57. The molecule has 8 heteroatoms. The van der Waals surface area contributed by atoms with Crippen molar-refractivity contribution < 1.29 is 14.4 Å². The van der Waals surface area contributed by atoms with Gasteiger partial charge in [-0.1, -0.05) is 11.6 Å². The maximum absolute atomic E-state index is 12.4. The van der Waals surface area contributed by atoms with E-state index in [0.29, 0.717) is 48.9 Å². The van der Waals surface area contributed by atoms with Crippen molar-refractivity contribution >= 4 is 35.0 Å². The number of carbonyl (C=O) groups excluding carboxylic acids is 3. The molecule has 3 rings (SSSR count). The summed E-state index contributed by atoms with van der Waals surface area (Å²) in [4.78, 5) is 39.3. The van der Waals surface area contributed by atoms with Gasteiger partial charge in [-0.25, -0.2) is 5.43 Å². The lowest BCUT2D eigenvalue weighted by atomic mass is 10.1. The number of carbonyl (C=O) groups is 3. The molecule has 3 amide bonds. The monoisotopic (exact) mass is 348 g/mol. The Morgan fingerprint density at radius 1 is 0.958 bits per heavy atom. The number of hydrogen-bond acceptors (Lipinski definition) is 4. The fraction of sp³-hybridized carbons (Fsp3) is 0.375. The molecule has 24 heavy (non-hydrogen) atoms. The second-order valence-corrected chi connectivity index (χ2v) is 6.12. The second-order valence-electron chi connectivity index (χ2n) is 5.68. The highest BCUT2D eigenvalue weighted by atomic mass is 35.5. The van der Waals surface area contributed by atoms with Gasteiger partial charge in [-0.2, -0.15) is 5.10 Å². The Bertz CT molecular complexity index is 694. The molecule has 2 heterocycles. The fourth-order valence-corrected chi connectivity index (χ4v) is 2.82. The predicted octanol–water partition coefficient (Wildman–Crippen LogP) is 0.890. The Morgan fingerprint density at radius 2 is 1.54 bits per heavy atom. The van der Waals surface area contributed by atoms with Crippen LogP contribution in [0.3, 0.4) is 0 Å². The summed E-state index contributed by atoms with van der Waals surface area (Å²) < 4.78 is 0. The third-order valence-corrected chi connectivity index (χ3v) is 4.35. The van der Waals surface area contributed by atoms with Crippen LogP contribution in [-0.2, 0) is 9.59 Å². The highest BCUT2D eigenvalue weighted by molar-refractivity contribution is 6.39. The summed E-state index contributed by atoms with van der Waals surface area (Å²) >= 11 is 5.83. The van der Waals surface area contributed by atoms with Gasteiger partial charge in [0.25, 0.3) is 11.8 Å². The average molecular weight is 349 g/mol. The number of hydrazone groups is 1. The molecular formula is C16H17ClN4O3. The topological polar surface area (TPSA) is 82.1 Å². The lowest BCUT2D eigenvalue weighted by Gasteiger charge is -2.35. The van der Waals surface area contributed by atoms with E-state index in [1.165, 1.54) is 0 Å². The number of hydrogen-bond donors (Lipinski definition) is 1. The van der Waals surface area contributed by atoms with Crippen molar-refractivity contribution in [3.8, 4) is 0 Å². The summed E-state index contributed by atoms with van der Waals surface area (Å²) in [6.45, 7) is 1.83. The molecule has 126 valence electrons. The Hall–Kier alpha value is -2.41. The molecule has 7 nitrogen and oxygen atoms in total. The fourth-order valence-electron chi connectivity index (χ4n) is 2.70. The highest BCUT2D eigenvalue weighted by Crippen LogP contribution is 2.14. The standard InChI is InChI=1S/C16H17ClN4O3/c17-12-3-1-11(2-4-12)15(23)20-7-9-21(10-8-20)16(24)13-5-6-14(22)19-18-13/h1-4H,5-10H2,(H,19,22). The van der Waals surface area contributed by atoms with Gasteiger partial charge >= 0.3 is 0 Å². The summed E-state index contributed by atoms with van der Waals surface area (Å²) in [5, 5.41) is 4.41. The molecule has 0 radical (unpaired) electrons. The van der Waals surface area contributed by atoms with E-state index in [9.17, 15) is 14.4 Å². The first-order valence-electron chi connectivity index (χ1n) is 7.74. The van der Waals surface area contributed by atoms with Crippen LogP contribution >= 0.6 is 11.6 Å². The van der Waals surface area contributed by atoms with Crippen molar-refractivity contribution in [2.45, 2.75) is 12.8 Å². The molecule has 1 aromatic rings. The minimum absolute atomic E-state index is 0.0685. The number of nitrogens with one attached hydrogen (secondary N) is 1. The van der Waals surface area contributed by atoms with Crippen molar-refractivity contribution in [3.05, 3.63) is 34.9 Å². The lowest BCUT2D eigenvalue weighted by molar-refractivity contribution is -0.126. The molecule has 2 aliphatic rings.